The Morgan fingerprint density at radius 1 is 1.14 bits per heavy atom. The van der Waals surface area contributed by atoms with Gasteiger partial charge in [-0.25, -0.2) is 9.37 Å². The van der Waals surface area contributed by atoms with Crippen LogP contribution in [0.3, 0.4) is 0 Å². The molecule has 0 saturated heterocycles. The number of aryl methyl sites for hydroxylation is 1. The molecule has 0 atom stereocenters. The molecule has 3 aromatic heterocycles. The van der Waals surface area contributed by atoms with Crippen LogP contribution >= 0.6 is 11.3 Å². The quantitative estimate of drug-likeness (QED) is 0.542. The zero-order chi connectivity index (χ0) is 20.4. The second-order valence-electron chi connectivity index (χ2n) is 5.97. The van der Waals surface area contributed by atoms with Gasteiger partial charge in [-0.1, -0.05) is 0 Å². The van der Waals surface area contributed by atoms with Crippen molar-refractivity contribution < 1.29 is 13.9 Å². The first-order valence-corrected chi connectivity index (χ1v) is 9.36. The van der Waals surface area contributed by atoms with Crippen molar-refractivity contribution in [1.29, 1.82) is 0 Å². The highest BCUT2D eigenvalue weighted by Crippen LogP contribution is 2.26. The summed E-state index contributed by atoms with van der Waals surface area (Å²) in [5.41, 5.74) is 2.36. The van der Waals surface area contributed by atoms with Crippen molar-refractivity contribution in [2.45, 2.75) is 0 Å². The van der Waals surface area contributed by atoms with Gasteiger partial charge >= 0.3 is 0 Å². The average Bonchev–Trinajstić information content (AvgIpc) is 3.35. The van der Waals surface area contributed by atoms with Gasteiger partial charge < -0.3 is 4.74 Å². The topological polar surface area (TPSA) is 94.8 Å². The van der Waals surface area contributed by atoms with Gasteiger partial charge in [0.1, 0.15) is 23.0 Å². The number of hydrogen-bond acceptors (Lipinski definition) is 7. The molecule has 3 heterocycles. The van der Waals surface area contributed by atoms with Gasteiger partial charge in [0.15, 0.2) is 10.8 Å². The van der Waals surface area contributed by atoms with E-state index in [1.807, 2.05) is 0 Å². The van der Waals surface area contributed by atoms with E-state index in [4.69, 9.17) is 4.74 Å². The van der Waals surface area contributed by atoms with Gasteiger partial charge in [0, 0.05) is 18.0 Å². The number of ether oxygens (including phenoxy) is 1. The van der Waals surface area contributed by atoms with Gasteiger partial charge in [-0.2, -0.15) is 9.90 Å². The maximum Gasteiger partial charge on any atom is 0.280 e. The molecule has 4 rings (SSSR count). The van der Waals surface area contributed by atoms with Crippen LogP contribution in [0.2, 0.25) is 0 Å². The SMILES string of the molecule is COc1ccc(-c2csc(NC(=O)c3nn(C)nc3-c3ccc(F)cc3)n2)nc1. The van der Waals surface area contributed by atoms with E-state index in [0.29, 0.717) is 33.5 Å². The third kappa shape index (κ3) is 3.97. The molecule has 0 aliphatic carbocycles. The Kier molecular flexibility index (Phi) is 5.00. The van der Waals surface area contributed by atoms with Gasteiger partial charge in [-0.3, -0.25) is 15.1 Å². The molecule has 8 nitrogen and oxygen atoms in total. The maximum absolute atomic E-state index is 13.2. The molecule has 1 aromatic carbocycles. The molecule has 0 aliphatic rings. The van der Waals surface area contributed by atoms with E-state index < -0.39 is 5.91 Å². The van der Waals surface area contributed by atoms with Crippen LogP contribution in [0.25, 0.3) is 22.6 Å². The Bertz CT molecular complexity index is 1150. The Labute approximate surface area is 169 Å². The van der Waals surface area contributed by atoms with Gasteiger partial charge in [-0.05, 0) is 36.4 Å². The number of benzene rings is 1. The number of rotatable bonds is 5. The zero-order valence-electron chi connectivity index (χ0n) is 15.5. The van der Waals surface area contributed by atoms with Crippen molar-refractivity contribution in [1.82, 2.24) is 25.0 Å². The van der Waals surface area contributed by atoms with E-state index in [2.05, 4.69) is 25.5 Å². The van der Waals surface area contributed by atoms with Crippen molar-refractivity contribution in [3.05, 3.63) is 59.5 Å². The minimum Gasteiger partial charge on any atom is -0.495 e. The molecular formula is C19H15FN6O2S. The van der Waals surface area contributed by atoms with Crippen molar-refractivity contribution in [3.8, 4) is 28.4 Å². The number of nitrogens with zero attached hydrogens (tertiary/aromatic N) is 5. The number of methoxy groups -OCH3 is 1. The molecule has 146 valence electrons. The van der Waals surface area contributed by atoms with Crippen molar-refractivity contribution >= 4 is 22.4 Å². The molecule has 29 heavy (non-hydrogen) atoms. The number of thiazole rings is 1. The van der Waals surface area contributed by atoms with Crippen LogP contribution in [0, 0.1) is 5.82 Å². The normalized spacial score (nSPS) is 10.7. The van der Waals surface area contributed by atoms with E-state index in [9.17, 15) is 9.18 Å². The fraction of sp³-hybridized carbons (Fsp3) is 0.105. The number of amides is 1. The average molecular weight is 410 g/mol. The van der Waals surface area contributed by atoms with Gasteiger partial charge in [0.05, 0.1) is 19.0 Å². The third-order valence-electron chi connectivity index (χ3n) is 4.01. The van der Waals surface area contributed by atoms with E-state index in [1.54, 1.807) is 50.0 Å². The van der Waals surface area contributed by atoms with Crippen LogP contribution in [0.4, 0.5) is 9.52 Å². The minimum absolute atomic E-state index is 0.124. The predicted octanol–water partition coefficient (Wildman–Crippen LogP) is 3.40. The first-order valence-electron chi connectivity index (χ1n) is 8.48. The second kappa shape index (κ2) is 7.76. The predicted molar refractivity (Wildman–Crippen MR) is 106 cm³/mol. The Morgan fingerprint density at radius 3 is 2.62 bits per heavy atom. The second-order valence-corrected chi connectivity index (χ2v) is 6.83. The van der Waals surface area contributed by atoms with Crippen molar-refractivity contribution in [3.63, 3.8) is 0 Å². The molecule has 0 fully saturated rings. The highest BCUT2D eigenvalue weighted by Gasteiger charge is 2.20. The highest BCUT2D eigenvalue weighted by atomic mass is 32.1. The smallest absolute Gasteiger partial charge is 0.280 e. The largest absolute Gasteiger partial charge is 0.495 e. The summed E-state index contributed by atoms with van der Waals surface area (Å²) in [6.07, 6.45) is 1.60. The van der Waals surface area contributed by atoms with E-state index in [0.717, 1.165) is 0 Å². The number of aromatic nitrogens is 5. The number of pyridine rings is 1. The van der Waals surface area contributed by atoms with E-state index >= 15 is 0 Å². The summed E-state index contributed by atoms with van der Waals surface area (Å²) in [7, 11) is 3.18. The molecule has 1 N–H and O–H groups in total. The van der Waals surface area contributed by atoms with Crippen LogP contribution in [0.1, 0.15) is 10.5 Å². The number of carbonyl (C=O) groups excluding carboxylic acids is 1. The fourth-order valence-corrected chi connectivity index (χ4v) is 3.32. The fourth-order valence-electron chi connectivity index (χ4n) is 2.62. The number of carbonyl (C=O) groups is 1. The molecule has 0 saturated carbocycles. The van der Waals surface area contributed by atoms with Crippen molar-refractivity contribution in [2.24, 2.45) is 7.05 Å². The summed E-state index contributed by atoms with van der Waals surface area (Å²) >= 11 is 1.27. The first kappa shape index (κ1) is 18.7. The molecule has 0 bridgehead atoms. The molecular weight excluding hydrogens is 395 g/mol. The molecule has 0 aliphatic heterocycles. The minimum atomic E-state index is -0.457. The summed E-state index contributed by atoms with van der Waals surface area (Å²) in [6.45, 7) is 0. The Hall–Kier alpha value is -3.66. The lowest BCUT2D eigenvalue weighted by Crippen LogP contribution is -2.14. The standard InChI is InChI=1S/C19H15FN6O2S/c1-26-24-16(11-3-5-12(20)6-4-11)17(25-26)18(27)23-19-22-15(10-29-19)14-8-7-13(28-2)9-21-14/h3-10H,1-2H3,(H,22,23,27). The number of anilines is 1. The third-order valence-corrected chi connectivity index (χ3v) is 4.76. The van der Waals surface area contributed by atoms with Crippen LogP contribution in [0.5, 0.6) is 5.75 Å². The summed E-state index contributed by atoms with van der Waals surface area (Å²) in [5, 5.41) is 13.3. The van der Waals surface area contributed by atoms with E-state index in [1.165, 1.54) is 28.3 Å². The maximum atomic E-state index is 13.2. The van der Waals surface area contributed by atoms with Gasteiger partial charge in [0.25, 0.3) is 5.91 Å². The Morgan fingerprint density at radius 2 is 1.93 bits per heavy atom. The lowest BCUT2D eigenvalue weighted by Gasteiger charge is -2.02. The zero-order valence-corrected chi connectivity index (χ0v) is 16.3. The first-order chi connectivity index (χ1) is 14.0. The molecule has 10 heteroatoms. The summed E-state index contributed by atoms with van der Waals surface area (Å²) in [5.74, 6) is -0.180. The molecule has 4 aromatic rings. The van der Waals surface area contributed by atoms with Crippen LogP contribution < -0.4 is 10.1 Å². The number of halogens is 1. The van der Waals surface area contributed by atoms with Crippen LogP contribution in [-0.4, -0.2) is 38.0 Å². The monoisotopic (exact) mass is 410 g/mol. The summed E-state index contributed by atoms with van der Waals surface area (Å²) < 4.78 is 18.3. The van der Waals surface area contributed by atoms with Crippen molar-refractivity contribution in [2.75, 3.05) is 12.4 Å². The van der Waals surface area contributed by atoms with Crippen LogP contribution in [-0.2, 0) is 7.05 Å². The molecule has 0 radical (unpaired) electrons. The highest BCUT2D eigenvalue weighted by molar-refractivity contribution is 7.14. The molecule has 0 unspecified atom stereocenters. The van der Waals surface area contributed by atoms with Gasteiger partial charge in [0.2, 0.25) is 0 Å². The van der Waals surface area contributed by atoms with Gasteiger partial charge in [-0.15, -0.1) is 16.4 Å². The van der Waals surface area contributed by atoms with E-state index in [-0.39, 0.29) is 11.5 Å². The number of hydrogen-bond donors (Lipinski definition) is 1. The summed E-state index contributed by atoms with van der Waals surface area (Å²) in [4.78, 5) is 22.7. The molecule has 0 spiro atoms. The lowest BCUT2D eigenvalue weighted by atomic mass is 10.1. The van der Waals surface area contributed by atoms with Crippen LogP contribution in [0.15, 0.2) is 48.0 Å². The Balaban J connectivity index is 1.56. The summed E-state index contributed by atoms with van der Waals surface area (Å²) in [6, 6.07) is 9.28. The molecule has 1 amide bonds. The number of nitrogens with one attached hydrogen (secondary N) is 1. The lowest BCUT2D eigenvalue weighted by molar-refractivity contribution is 0.102.